The van der Waals surface area contributed by atoms with Crippen LogP contribution >= 0.6 is 0 Å². The van der Waals surface area contributed by atoms with Gasteiger partial charge in [-0.25, -0.2) is 0 Å². The Balaban J connectivity index is 2.04. The summed E-state index contributed by atoms with van der Waals surface area (Å²) in [6, 6.07) is 11.0. The number of hydrogen-bond donors (Lipinski definition) is 1. The van der Waals surface area contributed by atoms with Crippen molar-refractivity contribution >= 4 is 5.84 Å². The van der Waals surface area contributed by atoms with Gasteiger partial charge >= 0.3 is 0 Å². The van der Waals surface area contributed by atoms with E-state index < -0.39 is 0 Å². The number of amidine groups is 1. The zero-order valence-corrected chi connectivity index (χ0v) is 9.24. The fourth-order valence-electron chi connectivity index (χ4n) is 1.96. The Morgan fingerprint density at radius 2 is 2.13 bits per heavy atom. The quantitative estimate of drug-likeness (QED) is 0.800. The first-order valence-electron chi connectivity index (χ1n) is 5.75. The van der Waals surface area contributed by atoms with Gasteiger partial charge in [0.15, 0.2) is 0 Å². The molecule has 0 aromatic heterocycles. The molecule has 1 aliphatic heterocycles. The van der Waals surface area contributed by atoms with Gasteiger partial charge in [0.05, 0.1) is 11.9 Å². The number of aliphatic imine (C=N–C) groups is 1. The summed E-state index contributed by atoms with van der Waals surface area (Å²) in [5.41, 5.74) is 1.36. The molecule has 0 amide bonds. The van der Waals surface area contributed by atoms with Crippen molar-refractivity contribution in [2.45, 2.75) is 32.2 Å². The molecule has 2 nitrogen and oxygen atoms in total. The van der Waals surface area contributed by atoms with Gasteiger partial charge in [-0.05, 0) is 18.4 Å². The lowest BCUT2D eigenvalue weighted by molar-refractivity contribution is 0.621. The first-order chi connectivity index (χ1) is 7.40. The van der Waals surface area contributed by atoms with Crippen LogP contribution in [0.15, 0.2) is 35.3 Å². The summed E-state index contributed by atoms with van der Waals surface area (Å²) < 4.78 is 0. The van der Waals surface area contributed by atoms with Crippen LogP contribution in [0.5, 0.6) is 0 Å². The molecular formula is C13H18N2. The normalized spacial score (nSPS) is 17.3. The third-order valence-electron chi connectivity index (χ3n) is 2.83. The first-order valence-corrected chi connectivity index (χ1v) is 5.75. The highest BCUT2D eigenvalue weighted by atomic mass is 15.0. The van der Waals surface area contributed by atoms with Gasteiger partial charge in [0.25, 0.3) is 0 Å². The van der Waals surface area contributed by atoms with Gasteiger partial charge in [-0.3, -0.25) is 4.99 Å². The number of rotatable bonds is 3. The van der Waals surface area contributed by atoms with E-state index in [2.05, 4.69) is 47.6 Å². The van der Waals surface area contributed by atoms with Crippen LogP contribution in [0.2, 0.25) is 0 Å². The van der Waals surface area contributed by atoms with Gasteiger partial charge < -0.3 is 5.32 Å². The Labute approximate surface area is 91.4 Å². The van der Waals surface area contributed by atoms with Crippen LogP contribution in [-0.2, 0) is 0 Å². The molecule has 1 aliphatic rings. The Hall–Kier alpha value is -1.31. The third kappa shape index (κ3) is 2.58. The summed E-state index contributed by atoms with van der Waals surface area (Å²) in [6.07, 6.45) is 3.42. The van der Waals surface area contributed by atoms with Gasteiger partial charge in [0.1, 0.15) is 0 Å². The molecule has 1 N–H and O–H groups in total. The molecule has 80 valence electrons. The average molecular weight is 202 g/mol. The molecule has 0 saturated heterocycles. The zero-order chi connectivity index (χ0) is 10.5. The van der Waals surface area contributed by atoms with E-state index in [4.69, 9.17) is 0 Å². The predicted molar refractivity (Wildman–Crippen MR) is 64.1 cm³/mol. The molecule has 2 rings (SSSR count). The second-order valence-corrected chi connectivity index (χ2v) is 3.95. The lowest BCUT2D eigenvalue weighted by Crippen LogP contribution is -2.26. The van der Waals surface area contributed by atoms with Crippen molar-refractivity contribution in [2.24, 2.45) is 4.99 Å². The molecule has 1 heterocycles. The van der Waals surface area contributed by atoms with Crippen molar-refractivity contribution in [1.82, 2.24) is 5.32 Å². The molecule has 15 heavy (non-hydrogen) atoms. The molecule has 1 atom stereocenters. The van der Waals surface area contributed by atoms with Gasteiger partial charge in [0, 0.05) is 13.0 Å². The summed E-state index contributed by atoms with van der Waals surface area (Å²) in [7, 11) is 0. The predicted octanol–water partition coefficient (Wildman–Crippen LogP) is 2.92. The Morgan fingerprint density at radius 1 is 1.33 bits per heavy atom. The van der Waals surface area contributed by atoms with E-state index in [1.54, 1.807) is 0 Å². The van der Waals surface area contributed by atoms with Crippen molar-refractivity contribution < 1.29 is 0 Å². The first kappa shape index (κ1) is 10.2. The highest BCUT2D eigenvalue weighted by molar-refractivity contribution is 5.83. The molecule has 0 aliphatic carbocycles. The van der Waals surface area contributed by atoms with Crippen LogP contribution < -0.4 is 5.32 Å². The number of nitrogens with zero attached hydrogens (tertiary/aromatic N) is 1. The van der Waals surface area contributed by atoms with E-state index in [9.17, 15) is 0 Å². The van der Waals surface area contributed by atoms with Crippen LogP contribution in [0.25, 0.3) is 0 Å². The van der Waals surface area contributed by atoms with Crippen molar-refractivity contribution in [3.05, 3.63) is 35.9 Å². The lowest BCUT2D eigenvalue weighted by Gasteiger charge is -2.18. The lowest BCUT2D eigenvalue weighted by atomic mass is 10.0. The molecule has 0 bridgehead atoms. The molecule has 1 aromatic rings. The topological polar surface area (TPSA) is 24.4 Å². The Kier molecular flexibility index (Phi) is 3.38. The molecule has 1 unspecified atom stereocenters. The van der Waals surface area contributed by atoms with E-state index in [1.165, 1.54) is 17.8 Å². The van der Waals surface area contributed by atoms with Crippen LogP contribution in [-0.4, -0.2) is 12.4 Å². The standard InChI is InChI=1S/C13H18N2/c1-2-12(11-7-4-3-5-8-11)15-13-9-6-10-14-13/h3-5,7-8,12H,2,6,9-10H2,1H3,(H,14,15). The van der Waals surface area contributed by atoms with Crippen LogP contribution in [0.4, 0.5) is 0 Å². The fraction of sp³-hybridized carbons (Fsp3) is 0.462. The largest absolute Gasteiger partial charge is 0.367 e. The summed E-state index contributed by atoms with van der Waals surface area (Å²) in [4.78, 5) is 4.45. The van der Waals surface area contributed by atoms with Crippen LogP contribution in [0.3, 0.4) is 0 Å². The second-order valence-electron chi connectivity index (χ2n) is 3.95. The molecule has 0 radical (unpaired) electrons. The van der Waals surface area contributed by atoms with Crippen LogP contribution in [0.1, 0.15) is 37.8 Å². The average Bonchev–Trinajstić information content (AvgIpc) is 2.80. The van der Waals surface area contributed by atoms with Gasteiger partial charge in [0.2, 0.25) is 0 Å². The maximum atomic E-state index is 4.45. The SMILES string of the molecule is CCC(NC1=NCCC1)c1ccccc1. The molecule has 2 heteroatoms. The maximum Gasteiger partial charge on any atom is 0.0968 e. The number of hydrogen-bond acceptors (Lipinski definition) is 2. The fourth-order valence-corrected chi connectivity index (χ4v) is 1.96. The van der Waals surface area contributed by atoms with E-state index in [1.807, 2.05) is 0 Å². The molecule has 1 aromatic carbocycles. The Bertz CT molecular complexity index is 330. The van der Waals surface area contributed by atoms with Crippen molar-refractivity contribution in [3.63, 3.8) is 0 Å². The van der Waals surface area contributed by atoms with Crippen molar-refractivity contribution in [2.75, 3.05) is 6.54 Å². The third-order valence-corrected chi connectivity index (χ3v) is 2.83. The second kappa shape index (κ2) is 4.96. The molecular weight excluding hydrogens is 184 g/mol. The monoisotopic (exact) mass is 202 g/mol. The van der Waals surface area contributed by atoms with E-state index in [-0.39, 0.29) is 0 Å². The number of benzene rings is 1. The van der Waals surface area contributed by atoms with Gasteiger partial charge in [-0.15, -0.1) is 0 Å². The molecule has 0 saturated carbocycles. The highest BCUT2D eigenvalue weighted by Crippen LogP contribution is 2.17. The minimum atomic E-state index is 0.419. The highest BCUT2D eigenvalue weighted by Gasteiger charge is 2.12. The number of nitrogens with one attached hydrogen (secondary N) is 1. The van der Waals surface area contributed by atoms with E-state index in [0.717, 1.165) is 19.4 Å². The minimum absolute atomic E-state index is 0.419. The summed E-state index contributed by atoms with van der Waals surface area (Å²) >= 11 is 0. The minimum Gasteiger partial charge on any atom is -0.367 e. The van der Waals surface area contributed by atoms with E-state index in [0.29, 0.717) is 6.04 Å². The van der Waals surface area contributed by atoms with Crippen molar-refractivity contribution in [1.29, 1.82) is 0 Å². The molecule has 0 spiro atoms. The summed E-state index contributed by atoms with van der Waals surface area (Å²) in [5, 5.41) is 3.53. The van der Waals surface area contributed by atoms with Crippen molar-refractivity contribution in [3.8, 4) is 0 Å². The molecule has 0 fully saturated rings. The smallest absolute Gasteiger partial charge is 0.0968 e. The van der Waals surface area contributed by atoms with Crippen LogP contribution in [0, 0.1) is 0 Å². The van der Waals surface area contributed by atoms with Gasteiger partial charge in [-0.1, -0.05) is 37.3 Å². The zero-order valence-electron chi connectivity index (χ0n) is 9.24. The summed E-state index contributed by atoms with van der Waals surface area (Å²) in [5.74, 6) is 1.19. The van der Waals surface area contributed by atoms with Gasteiger partial charge in [-0.2, -0.15) is 0 Å². The Morgan fingerprint density at radius 3 is 2.73 bits per heavy atom. The van der Waals surface area contributed by atoms with E-state index >= 15 is 0 Å². The maximum absolute atomic E-state index is 4.45. The summed E-state index contributed by atoms with van der Waals surface area (Å²) in [6.45, 7) is 3.20.